The van der Waals surface area contributed by atoms with Gasteiger partial charge in [-0.3, -0.25) is 4.79 Å². The Kier molecular flexibility index (Phi) is 16.1. The summed E-state index contributed by atoms with van der Waals surface area (Å²) in [4.78, 5) is 13.9. The Labute approximate surface area is 276 Å². The summed E-state index contributed by atoms with van der Waals surface area (Å²) < 4.78 is 18.2. The first-order valence-corrected chi connectivity index (χ1v) is 16.8. The lowest BCUT2D eigenvalue weighted by Gasteiger charge is -2.41. The Balaban J connectivity index is 2.59. The van der Waals surface area contributed by atoms with E-state index in [1.807, 2.05) is 78.8 Å². The molecule has 1 fully saturated rings. The lowest BCUT2D eigenvalue weighted by molar-refractivity contribution is -0.303. The van der Waals surface area contributed by atoms with Crippen molar-refractivity contribution in [3.8, 4) is 0 Å². The highest BCUT2D eigenvalue weighted by molar-refractivity contribution is 5.74. The molecule has 2 rings (SSSR count). The largest absolute Gasteiger partial charge is 0.457 e. The summed E-state index contributed by atoms with van der Waals surface area (Å²) in [6.07, 6.45) is 3.81. The highest BCUT2D eigenvalue weighted by Gasteiger charge is 2.45. The van der Waals surface area contributed by atoms with Gasteiger partial charge in [0.15, 0.2) is 6.29 Å². The minimum Gasteiger partial charge on any atom is -0.457 e. The van der Waals surface area contributed by atoms with Crippen LogP contribution in [-0.4, -0.2) is 86.6 Å². The van der Waals surface area contributed by atoms with Crippen LogP contribution in [-0.2, 0) is 19.0 Å². The van der Waals surface area contributed by atoms with Crippen LogP contribution in [0.15, 0.2) is 58.7 Å². The average Bonchev–Trinajstić information content (AvgIpc) is 2.99. The summed E-state index contributed by atoms with van der Waals surface area (Å²) in [7, 11) is 0. The van der Waals surface area contributed by atoms with Crippen molar-refractivity contribution in [1.82, 2.24) is 0 Å². The fourth-order valence-corrected chi connectivity index (χ4v) is 6.27. The Morgan fingerprint density at radius 3 is 2.20 bits per heavy atom. The SMILES string of the molecule is C/C=C(\CC)[C@H]1OC(=O)[C@H](C)[C@@H](O[C@@H]2O[C@@H](C)[C@@H](O)[C@@H](O)[C@H]2O)/C(C)=C/C=C/[C@H](C)C/C(C)=C/[C@@H](C)[C@H](O)C[C@@H](O)/C(C)=C/[C@H]1C. The molecule has 2 heterocycles. The van der Waals surface area contributed by atoms with Gasteiger partial charge in [-0.15, -0.1) is 0 Å². The lowest BCUT2D eigenvalue weighted by atomic mass is 9.89. The van der Waals surface area contributed by atoms with Crippen molar-refractivity contribution in [2.45, 2.75) is 144 Å². The van der Waals surface area contributed by atoms with Gasteiger partial charge in [-0.1, -0.05) is 69.7 Å². The van der Waals surface area contributed by atoms with Gasteiger partial charge in [0.2, 0.25) is 0 Å². The molecule has 0 radical (unpaired) electrons. The molecule has 0 aromatic carbocycles. The summed E-state index contributed by atoms with van der Waals surface area (Å²) in [5, 5.41) is 53.2. The number of ether oxygens (including phenoxy) is 3. The van der Waals surface area contributed by atoms with E-state index in [1.165, 1.54) is 0 Å². The van der Waals surface area contributed by atoms with Crippen molar-refractivity contribution in [2.75, 3.05) is 0 Å². The van der Waals surface area contributed by atoms with Gasteiger partial charge in [-0.05, 0) is 77.0 Å². The average molecular weight is 649 g/mol. The maximum atomic E-state index is 13.9. The van der Waals surface area contributed by atoms with E-state index in [4.69, 9.17) is 14.2 Å². The number of cyclic esters (lactones) is 1. The molecule has 9 nitrogen and oxygen atoms in total. The summed E-state index contributed by atoms with van der Waals surface area (Å²) >= 11 is 0. The molecule has 0 bridgehead atoms. The molecule has 0 aliphatic carbocycles. The fraction of sp³-hybridized carbons (Fsp3) is 0.703. The quantitative estimate of drug-likeness (QED) is 0.212. The van der Waals surface area contributed by atoms with Crippen molar-refractivity contribution < 1.29 is 44.5 Å². The maximum absolute atomic E-state index is 13.9. The second kappa shape index (κ2) is 18.4. The van der Waals surface area contributed by atoms with Gasteiger partial charge in [0.25, 0.3) is 0 Å². The molecule has 0 saturated carbocycles. The van der Waals surface area contributed by atoms with Gasteiger partial charge >= 0.3 is 5.97 Å². The first-order chi connectivity index (χ1) is 21.5. The zero-order valence-corrected chi connectivity index (χ0v) is 29.5. The highest BCUT2D eigenvalue weighted by atomic mass is 16.7. The fourth-order valence-electron chi connectivity index (χ4n) is 6.27. The number of rotatable bonds is 4. The topological polar surface area (TPSA) is 146 Å². The van der Waals surface area contributed by atoms with Gasteiger partial charge in [0.05, 0.1) is 30.3 Å². The maximum Gasteiger partial charge on any atom is 0.312 e. The van der Waals surface area contributed by atoms with Crippen LogP contribution in [0.3, 0.4) is 0 Å². The molecular weight excluding hydrogens is 588 g/mol. The van der Waals surface area contributed by atoms with E-state index in [2.05, 4.69) is 13.0 Å². The highest BCUT2D eigenvalue weighted by Crippen LogP contribution is 2.30. The lowest BCUT2D eigenvalue weighted by Crippen LogP contribution is -2.58. The third kappa shape index (κ3) is 11.0. The second-order valence-electron chi connectivity index (χ2n) is 13.5. The van der Waals surface area contributed by atoms with Crippen LogP contribution >= 0.6 is 0 Å². The molecule has 2 aliphatic rings. The van der Waals surface area contributed by atoms with Gasteiger partial charge in [0.1, 0.15) is 24.4 Å². The third-order valence-corrected chi connectivity index (χ3v) is 9.34. The standard InChI is InChI=1S/C37H60O9/c1-11-28(12-2)35-25(8)18-24(7)30(39)19-29(38)23(6)17-21(4)16-20(3)14-13-15-22(5)34(26(9)36(43)45-35)46-37-33(42)32(41)31(40)27(10)44-37/h11,13-15,17-18,20,23,25-27,29-35,37-42H,12,16,19H2,1-10H3/b14-13+,21-17+,22-15+,24-18+,28-11+/t20-,23+,25+,26+,27-,29+,30+,31+,32+,33+,34-,35-,37-/m0/s1. The molecule has 0 unspecified atom stereocenters. The summed E-state index contributed by atoms with van der Waals surface area (Å²) in [6.45, 7) is 18.8. The second-order valence-corrected chi connectivity index (χ2v) is 13.5. The molecule has 0 aromatic heterocycles. The molecule has 0 spiro atoms. The molecule has 46 heavy (non-hydrogen) atoms. The zero-order valence-electron chi connectivity index (χ0n) is 29.5. The van der Waals surface area contributed by atoms with Crippen LogP contribution in [0.2, 0.25) is 0 Å². The van der Waals surface area contributed by atoms with E-state index in [0.29, 0.717) is 17.6 Å². The van der Waals surface area contributed by atoms with Gasteiger partial charge in [0, 0.05) is 18.3 Å². The number of esters is 1. The molecule has 2 aliphatic heterocycles. The van der Waals surface area contributed by atoms with Gasteiger partial charge < -0.3 is 39.7 Å². The summed E-state index contributed by atoms with van der Waals surface area (Å²) in [6, 6.07) is 0. The Morgan fingerprint density at radius 1 is 0.935 bits per heavy atom. The minimum atomic E-state index is -1.53. The third-order valence-electron chi connectivity index (χ3n) is 9.34. The first-order valence-electron chi connectivity index (χ1n) is 16.8. The normalized spacial score (nSPS) is 44.1. The van der Waals surface area contributed by atoms with Crippen LogP contribution in [0.25, 0.3) is 0 Å². The molecule has 5 N–H and O–H groups in total. The van der Waals surface area contributed by atoms with E-state index in [1.54, 1.807) is 13.8 Å². The van der Waals surface area contributed by atoms with E-state index in [-0.39, 0.29) is 24.2 Å². The van der Waals surface area contributed by atoms with E-state index in [9.17, 15) is 30.3 Å². The van der Waals surface area contributed by atoms with E-state index in [0.717, 1.165) is 17.6 Å². The number of allylic oxidation sites excluding steroid dienone is 5. The van der Waals surface area contributed by atoms with Crippen LogP contribution in [0.1, 0.15) is 88.5 Å². The molecule has 262 valence electrons. The van der Waals surface area contributed by atoms with Crippen molar-refractivity contribution in [3.05, 3.63) is 58.7 Å². The van der Waals surface area contributed by atoms with Crippen molar-refractivity contribution in [3.63, 3.8) is 0 Å². The molecule has 13 atom stereocenters. The molecule has 1 saturated heterocycles. The van der Waals surface area contributed by atoms with Gasteiger partial charge in [-0.25, -0.2) is 0 Å². The Hall–Kier alpha value is -2.11. The molecule has 0 aromatic rings. The summed E-state index contributed by atoms with van der Waals surface area (Å²) in [5.74, 6) is -1.63. The van der Waals surface area contributed by atoms with Crippen LogP contribution in [0.5, 0.6) is 0 Å². The van der Waals surface area contributed by atoms with Gasteiger partial charge in [-0.2, -0.15) is 0 Å². The molecular formula is C37H60O9. The van der Waals surface area contributed by atoms with Crippen molar-refractivity contribution in [2.24, 2.45) is 23.7 Å². The van der Waals surface area contributed by atoms with Crippen LogP contribution in [0, 0.1) is 23.7 Å². The van der Waals surface area contributed by atoms with Crippen LogP contribution in [0.4, 0.5) is 0 Å². The van der Waals surface area contributed by atoms with Crippen molar-refractivity contribution in [1.29, 1.82) is 0 Å². The number of hydrogen-bond donors (Lipinski definition) is 5. The zero-order chi connectivity index (χ0) is 34.9. The van der Waals surface area contributed by atoms with Crippen molar-refractivity contribution >= 4 is 5.97 Å². The Morgan fingerprint density at radius 2 is 1.59 bits per heavy atom. The number of carbonyl (C=O) groups is 1. The summed E-state index contributed by atoms with van der Waals surface area (Å²) in [5.41, 5.74) is 3.42. The van der Waals surface area contributed by atoms with Crippen LogP contribution < -0.4 is 0 Å². The number of aliphatic hydroxyl groups is 5. The number of carbonyl (C=O) groups excluding carboxylic acids is 1. The Bertz CT molecular complexity index is 1140. The first kappa shape index (κ1) is 40.1. The van der Waals surface area contributed by atoms with E-state index >= 15 is 0 Å². The number of hydrogen-bond acceptors (Lipinski definition) is 9. The van der Waals surface area contributed by atoms with E-state index < -0.39 is 67.0 Å². The predicted octanol–water partition coefficient (Wildman–Crippen LogP) is 4.92. The monoisotopic (exact) mass is 648 g/mol. The number of aliphatic hydroxyl groups excluding tert-OH is 5. The smallest absolute Gasteiger partial charge is 0.312 e. The minimum absolute atomic E-state index is 0.147. The molecule has 0 amide bonds. The predicted molar refractivity (Wildman–Crippen MR) is 179 cm³/mol. The molecule has 9 heteroatoms.